The van der Waals surface area contributed by atoms with Gasteiger partial charge in [0, 0.05) is 25.1 Å². The van der Waals surface area contributed by atoms with E-state index in [0.29, 0.717) is 11.6 Å². The molecule has 1 aromatic rings. The molecule has 0 radical (unpaired) electrons. The van der Waals surface area contributed by atoms with Crippen LogP contribution >= 0.6 is 0 Å². The molecule has 1 saturated heterocycles. The lowest BCUT2D eigenvalue weighted by molar-refractivity contribution is -0.121. The zero-order valence-corrected chi connectivity index (χ0v) is 12.8. The van der Waals surface area contributed by atoms with E-state index in [4.69, 9.17) is 10.5 Å². The van der Waals surface area contributed by atoms with Crippen molar-refractivity contribution in [1.82, 2.24) is 4.90 Å². The Balaban J connectivity index is 1.84. The summed E-state index contributed by atoms with van der Waals surface area (Å²) in [5.74, 6) is 0.656. The van der Waals surface area contributed by atoms with E-state index < -0.39 is 0 Å². The number of hydrogen-bond donors (Lipinski definition) is 2. The summed E-state index contributed by atoms with van der Waals surface area (Å²) >= 11 is 0. The second kappa shape index (κ2) is 7.43. The molecule has 1 unspecified atom stereocenters. The van der Waals surface area contributed by atoms with Gasteiger partial charge >= 0.3 is 0 Å². The smallest absolute Gasteiger partial charge is 0.241 e. The Labute approximate surface area is 126 Å². The van der Waals surface area contributed by atoms with Gasteiger partial charge in [0.15, 0.2) is 0 Å². The zero-order valence-electron chi connectivity index (χ0n) is 12.8. The number of piperidine rings is 1. The quantitative estimate of drug-likeness (QED) is 0.814. The van der Waals surface area contributed by atoms with E-state index in [1.807, 2.05) is 19.1 Å². The number of nitrogens with one attached hydrogen (secondary N) is 1. The van der Waals surface area contributed by atoms with Crippen LogP contribution in [0.1, 0.15) is 19.8 Å². The molecule has 1 amide bonds. The van der Waals surface area contributed by atoms with Crippen LogP contribution in [0.2, 0.25) is 0 Å². The monoisotopic (exact) mass is 291 g/mol. The summed E-state index contributed by atoms with van der Waals surface area (Å²) < 4.78 is 5.21. The number of carbonyl (C=O) groups excluding carboxylic acids is 1. The van der Waals surface area contributed by atoms with Crippen LogP contribution in [-0.4, -0.2) is 43.7 Å². The molecule has 5 heteroatoms. The number of benzene rings is 1. The van der Waals surface area contributed by atoms with Crippen molar-refractivity contribution in [2.45, 2.75) is 25.8 Å². The standard InChI is InChI=1S/C16H25N3O2/c1-12(19-9-7-13(8-10-19)11-21-2)16(20)18-15-5-3-14(17)4-6-15/h3-6,12-13H,7-11,17H2,1-2H3,(H,18,20). The molecule has 3 N–H and O–H groups in total. The van der Waals surface area contributed by atoms with E-state index >= 15 is 0 Å². The molecule has 0 bridgehead atoms. The van der Waals surface area contributed by atoms with Crippen LogP contribution < -0.4 is 11.1 Å². The van der Waals surface area contributed by atoms with Crippen molar-refractivity contribution in [3.8, 4) is 0 Å². The van der Waals surface area contributed by atoms with Crippen molar-refractivity contribution in [3.63, 3.8) is 0 Å². The lowest BCUT2D eigenvalue weighted by Crippen LogP contribution is -2.46. The molecule has 0 aliphatic carbocycles. The van der Waals surface area contributed by atoms with E-state index in [-0.39, 0.29) is 11.9 Å². The Kier molecular flexibility index (Phi) is 5.59. The first-order valence-corrected chi connectivity index (χ1v) is 7.49. The van der Waals surface area contributed by atoms with Crippen molar-refractivity contribution < 1.29 is 9.53 Å². The Morgan fingerprint density at radius 1 is 1.38 bits per heavy atom. The number of likely N-dealkylation sites (tertiary alicyclic amines) is 1. The first-order chi connectivity index (χ1) is 10.1. The van der Waals surface area contributed by atoms with Gasteiger partial charge in [-0.05, 0) is 63.0 Å². The number of hydrogen-bond acceptors (Lipinski definition) is 4. The summed E-state index contributed by atoms with van der Waals surface area (Å²) in [6.45, 7) is 4.68. The summed E-state index contributed by atoms with van der Waals surface area (Å²) in [5, 5.41) is 2.94. The third kappa shape index (κ3) is 4.44. The molecule has 1 heterocycles. The molecule has 1 fully saturated rings. The van der Waals surface area contributed by atoms with E-state index in [1.165, 1.54) is 0 Å². The summed E-state index contributed by atoms with van der Waals surface area (Å²) in [7, 11) is 1.75. The minimum absolute atomic E-state index is 0.0324. The SMILES string of the molecule is COCC1CCN(C(C)C(=O)Nc2ccc(N)cc2)CC1. The molecule has 1 atom stereocenters. The van der Waals surface area contributed by atoms with E-state index in [2.05, 4.69) is 10.2 Å². The van der Waals surface area contributed by atoms with Gasteiger partial charge in [0.05, 0.1) is 6.04 Å². The van der Waals surface area contributed by atoms with Crippen molar-refractivity contribution in [1.29, 1.82) is 0 Å². The normalized spacial score (nSPS) is 18.4. The highest BCUT2D eigenvalue weighted by Crippen LogP contribution is 2.20. The summed E-state index contributed by atoms with van der Waals surface area (Å²) in [4.78, 5) is 14.5. The lowest BCUT2D eigenvalue weighted by Gasteiger charge is -2.35. The average Bonchev–Trinajstić information content (AvgIpc) is 2.50. The van der Waals surface area contributed by atoms with Crippen LogP contribution in [0.15, 0.2) is 24.3 Å². The number of nitrogens with two attached hydrogens (primary N) is 1. The van der Waals surface area contributed by atoms with Gasteiger partial charge in [-0.2, -0.15) is 0 Å². The molecule has 5 nitrogen and oxygen atoms in total. The zero-order chi connectivity index (χ0) is 15.2. The van der Waals surface area contributed by atoms with Crippen molar-refractivity contribution in [2.75, 3.05) is 37.9 Å². The molecule has 1 aromatic carbocycles. The van der Waals surface area contributed by atoms with Crippen LogP contribution in [0.4, 0.5) is 11.4 Å². The highest BCUT2D eigenvalue weighted by Gasteiger charge is 2.26. The van der Waals surface area contributed by atoms with E-state index in [0.717, 1.165) is 38.2 Å². The fraction of sp³-hybridized carbons (Fsp3) is 0.562. The molecule has 0 aromatic heterocycles. The molecular weight excluding hydrogens is 266 g/mol. The number of ether oxygens (including phenoxy) is 1. The van der Waals surface area contributed by atoms with Crippen LogP contribution in [0.5, 0.6) is 0 Å². The summed E-state index contributed by atoms with van der Waals surface area (Å²) in [6, 6.07) is 7.11. The number of methoxy groups -OCH3 is 1. The Hall–Kier alpha value is -1.59. The highest BCUT2D eigenvalue weighted by molar-refractivity contribution is 5.94. The van der Waals surface area contributed by atoms with Crippen molar-refractivity contribution in [2.24, 2.45) is 5.92 Å². The minimum atomic E-state index is -0.119. The number of anilines is 2. The minimum Gasteiger partial charge on any atom is -0.399 e. The van der Waals surface area contributed by atoms with Gasteiger partial charge in [-0.3, -0.25) is 9.69 Å². The number of rotatable bonds is 5. The molecule has 1 aliphatic heterocycles. The predicted octanol–water partition coefficient (Wildman–Crippen LogP) is 1.95. The molecule has 0 saturated carbocycles. The van der Waals surface area contributed by atoms with E-state index in [9.17, 15) is 4.79 Å². The maximum Gasteiger partial charge on any atom is 0.241 e. The Morgan fingerprint density at radius 3 is 2.57 bits per heavy atom. The van der Waals surface area contributed by atoms with Gasteiger partial charge < -0.3 is 15.8 Å². The van der Waals surface area contributed by atoms with E-state index in [1.54, 1.807) is 19.2 Å². The maximum atomic E-state index is 12.3. The number of nitrogen functional groups attached to an aromatic ring is 1. The fourth-order valence-electron chi connectivity index (χ4n) is 2.72. The van der Waals surface area contributed by atoms with Gasteiger partial charge in [0.1, 0.15) is 0 Å². The Bertz CT molecular complexity index is 453. The topological polar surface area (TPSA) is 67.6 Å². The van der Waals surface area contributed by atoms with Gasteiger partial charge in [0.25, 0.3) is 0 Å². The van der Waals surface area contributed by atoms with Gasteiger partial charge in [-0.15, -0.1) is 0 Å². The predicted molar refractivity (Wildman–Crippen MR) is 85.1 cm³/mol. The van der Waals surface area contributed by atoms with Crippen LogP contribution in [0.3, 0.4) is 0 Å². The highest BCUT2D eigenvalue weighted by atomic mass is 16.5. The number of carbonyl (C=O) groups is 1. The molecule has 2 rings (SSSR count). The third-order valence-electron chi connectivity index (χ3n) is 4.16. The molecular formula is C16H25N3O2. The van der Waals surface area contributed by atoms with Crippen molar-refractivity contribution in [3.05, 3.63) is 24.3 Å². The Morgan fingerprint density at radius 2 is 2.00 bits per heavy atom. The number of nitrogens with zero attached hydrogens (tertiary/aromatic N) is 1. The fourth-order valence-corrected chi connectivity index (χ4v) is 2.72. The van der Waals surface area contributed by atoms with Crippen LogP contribution in [0, 0.1) is 5.92 Å². The number of amides is 1. The van der Waals surface area contributed by atoms with Crippen LogP contribution in [-0.2, 0) is 9.53 Å². The first kappa shape index (κ1) is 15.8. The van der Waals surface area contributed by atoms with Gasteiger partial charge in [-0.25, -0.2) is 0 Å². The summed E-state index contributed by atoms with van der Waals surface area (Å²) in [6.07, 6.45) is 2.18. The van der Waals surface area contributed by atoms with Gasteiger partial charge in [-0.1, -0.05) is 0 Å². The molecule has 1 aliphatic rings. The molecule has 116 valence electrons. The largest absolute Gasteiger partial charge is 0.399 e. The first-order valence-electron chi connectivity index (χ1n) is 7.49. The van der Waals surface area contributed by atoms with Crippen molar-refractivity contribution >= 4 is 17.3 Å². The second-order valence-electron chi connectivity index (χ2n) is 5.72. The summed E-state index contributed by atoms with van der Waals surface area (Å²) in [5.41, 5.74) is 7.12. The maximum absolute atomic E-state index is 12.3. The lowest BCUT2D eigenvalue weighted by atomic mass is 9.96. The van der Waals surface area contributed by atoms with Gasteiger partial charge in [0.2, 0.25) is 5.91 Å². The third-order valence-corrected chi connectivity index (χ3v) is 4.16. The molecule has 21 heavy (non-hydrogen) atoms. The second-order valence-corrected chi connectivity index (χ2v) is 5.72. The van der Waals surface area contributed by atoms with Crippen LogP contribution in [0.25, 0.3) is 0 Å². The molecule has 0 spiro atoms. The average molecular weight is 291 g/mol.